The number of carbonyl (C=O) groups is 3. The molecule has 0 unspecified atom stereocenters. The Morgan fingerprint density at radius 1 is 0.750 bits per heavy atom. The summed E-state index contributed by atoms with van der Waals surface area (Å²) in [6.07, 6.45) is 2.34. The quantitative estimate of drug-likeness (QED) is 0.286. The van der Waals surface area contributed by atoms with Gasteiger partial charge in [-0.25, -0.2) is 0 Å². The molecule has 0 saturated heterocycles. The Morgan fingerprint density at radius 2 is 1.28 bits per heavy atom. The molecule has 8 N–H and O–H groups in total. The number of nitrogens with two attached hydrogens (primary N) is 3. The van der Waals surface area contributed by atoms with Crippen LogP contribution in [0.1, 0.15) is 30.4 Å². The lowest BCUT2D eigenvalue weighted by Gasteiger charge is -2.23. The predicted molar refractivity (Wildman–Crippen MR) is 124 cm³/mol. The fraction of sp³-hybridized carbons (Fsp3) is 0.375. The Bertz CT molecular complexity index is 860. The molecule has 3 atom stereocenters. The second-order valence-corrected chi connectivity index (χ2v) is 7.80. The maximum atomic E-state index is 13.0. The van der Waals surface area contributed by atoms with E-state index in [0.717, 1.165) is 11.1 Å². The van der Waals surface area contributed by atoms with Gasteiger partial charge in [0.05, 0.1) is 6.04 Å². The zero-order chi connectivity index (χ0) is 23.3. The third kappa shape index (κ3) is 8.49. The Balaban J connectivity index is 2.03. The highest BCUT2D eigenvalue weighted by Crippen LogP contribution is 2.07. The lowest BCUT2D eigenvalue weighted by Crippen LogP contribution is -2.56. The molecular formula is C24H33N5O3. The summed E-state index contributed by atoms with van der Waals surface area (Å²) in [5.74, 6) is -1.54. The molecule has 0 heterocycles. The maximum Gasteiger partial charge on any atom is 0.243 e. The predicted octanol–water partition coefficient (Wildman–Crippen LogP) is 0.383. The van der Waals surface area contributed by atoms with Gasteiger partial charge >= 0.3 is 0 Å². The van der Waals surface area contributed by atoms with E-state index in [1.165, 1.54) is 0 Å². The summed E-state index contributed by atoms with van der Waals surface area (Å²) < 4.78 is 0. The molecule has 0 aliphatic heterocycles. The molecule has 0 spiro atoms. The second-order valence-electron chi connectivity index (χ2n) is 7.80. The van der Waals surface area contributed by atoms with E-state index in [0.29, 0.717) is 32.2 Å². The van der Waals surface area contributed by atoms with Gasteiger partial charge in [-0.3, -0.25) is 14.4 Å². The van der Waals surface area contributed by atoms with Gasteiger partial charge in [0.1, 0.15) is 12.1 Å². The summed E-state index contributed by atoms with van der Waals surface area (Å²) in [5.41, 5.74) is 18.9. The third-order valence-corrected chi connectivity index (χ3v) is 5.16. The standard InChI is InChI=1S/C24H33N5O3/c25-14-8-7-13-20(28-23(31)19(26)15-17-9-3-1-4-10-17)24(32)29-21(22(27)30)16-18-11-5-2-6-12-18/h1-6,9-12,19-21H,7-8,13-16,25-26H2,(H2,27,30)(H,28,31)(H,29,32)/t19-,20-,21-/m0/s1. The van der Waals surface area contributed by atoms with Crippen LogP contribution in [0.3, 0.4) is 0 Å². The second kappa shape index (κ2) is 13.2. The lowest BCUT2D eigenvalue weighted by molar-refractivity contribution is -0.131. The van der Waals surface area contributed by atoms with Crippen LogP contribution >= 0.6 is 0 Å². The van der Waals surface area contributed by atoms with Crippen LogP contribution in [0.2, 0.25) is 0 Å². The number of primary amides is 1. The van der Waals surface area contributed by atoms with Crippen LogP contribution in [0.4, 0.5) is 0 Å². The number of carbonyl (C=O) groups excluding carboxylic acids is 3. The Morgan fingerprint density at radius 3 is 1.81 bits per heavy atom. The normalized spacial score (nSPS) is 13.6. The molecule has 0 fully saturated rings. The minimum atomic E-state index is -0.892. The van der Waals surface area contributed by atoms with Crippen molar-refractivity contribution in [3.8, 4) is 0 Å². The lowest BCUT2D eigenvalue weighted by atomic mass is 10.0. The van der Waals surface area contributed by atoms with Crippen molar-refractivity contribution in [2.24, 2.45) is 17.2 Å². The number of hydrogen-bond donors (Lipinski definition) is 5. The molecule has 8 heteroatoms. The first-order valence-corrected chi connectivity index (χ1v) is 10.8. The average Bonchev–Trinajstić information content (AvgIpc) is 2.79. The van der Waals surface area contributed by atoms with Gasteiger partial charge in [-0.15, -0.1) is 0 Å². The van der Waals surface area contributed by atoms with Crippen molar-refractivity contribution in [2.75, 3.05) is 6.54 Å². The molecule has 0 radical (unpaired) electrons. The number of amides is 3. The Labute approximate surface area is 188 Å². The molecule has 0 aliphatic rings. The third-order valence-electron chi connectivity index (χ3n) is 5.16. The van der Waals surface area contributed by atoms with E-state index in [9.17, 15) is 14.4 Å². The van der Waals surface area contributed by atoms with Crippen molar-refractivity contribution in [3.63, 3.8) is 0 Å². The smallest absolute Gasteiger partial charge is 0.243 e. The summed E-state index contributed by atoms with van der Waals surface area (Å²) in [4.78, 5) is 37.6. The van der Waals surface area contributed by atoms with Crippen LogP contribution < -0.4 is 27.8 Å². The van der Waals surface area contributed by atoms with Crippen molar-refractivity contribution in [3.05, 3.63) is 71.8 Å². The van der Waals surface area contributed by atoms with E-state index in [1.54, 1.807) is 0 Å². The highest BCUT2D eigenvalue weighted by Gasteiger charge is 2.27. The minimum Gasteiger partial charge on any atom is -0.368 e. The molecule has 2 aromatic rings. The van der Waals surface area contributed by atoms with Gasteiger partial charge in [0.25, 0.3) is 0 Å². The maximum absolute atomic E-state index is 13.0. The minimum absolute atomic E-state index is 0.263. The fourth-order valence-electron chi connectivity index (χ4n) is 3.35. The molecule has 172 valence electrons. The molecule has 8 nitrogen and oxygen atoms in total. The highest BCUT2D eigenvalue weighted by atomic mass is 16.2. The van der Waals surface area contributed by atoms with Gasteiger partial charge in [0, 0.05) is 6.42 Å². The molecule has 2 aromatic carbocycles. The number of benzene rings is 2. The van der Waals surface area contributed by atoms with E-state index in [2.05, 4.69) is 10.6 Å². The van der Waals surface area contributed by atoms with E-state index >= 15 is 0 Å². The van der Waals surface area contributed by atoms with Crippen LogP contribution in [0.25, 0.3) is 0 Å². The largest absolute Gasteiger partial charge is 0.368 e. The number of unbranched alkanes of at least 4 members (excludes halogenated alkanes) is 1. The molecule has 0 aliphatic carbocycles. The summed E-state index contributed by atoms with van der Waals surface area (Å²) in [7, 11) is 0. The molecule has 2 rings (SSSR count). The van der Waals surface area contributed by atoms with E-state index < -0.39 is 35.8 Å². The van der Waals surface area contributed by atoms with Gasteiger partial charge < -0.3 is 27.8 Å². The van der Waals surface area contributed by atoms with Crippen LogP contribution in [-0.4, -0.2) is 42.4 Å². The van der Waals surface area contributed by atoms with Gasteiger partial charge in [-0.05, 0) is 43.4 Å². The Hall–Kier alpha value is -3.23. The highest BCUT2D eigenvalue weighted by molar-refractivity contribution is 5.92. The van der Waals surface area contributed by atoms with Crippen LogP contribution in [-0.2, 0) is 27.2 Å². The van der Waals surface area contributed by atoms with Crippen molar-refractivity contribution in [1.82, 2.24) is 10.6 Å². The first-order valence-electron chi connectivity index (χ1n) is 10.8. The molecule has 0 aromatic heterocycles. The van der Waals surface area contributed by atoms with Gasteiger partial charge in [0.2, 0.25) is 17.7 Å². The topological polar surface area (TPSA) is 153 Å². The van der Waals surface area contributed by atoms with Crippen molar-refractivity contribution in [2.45, 2.75) is 50.2 Å². The zero-order valence-electron chi connectivity index (χ0n) is 18.2. The van der Waals surface area contributed by atoms with E-state index in [4.69, 9.17) is 17.2 Å². The van der Waals surface area contributed by atoms with Gasteiger partial charge in [-0.2, -0.15) is 0 Å². The molecule has 0 bridgehead atoms. The first-order chi connectivity index (χ1) is 15.4. The monoisotopic (exact) mass is 439 g/mol. The summed E-state index contributed by atoms with van der Waals surface area (Å²) in [5, 5.41) is 5.42. The summed E-state index contributed by atoms with van der Waals surface area (Å²) in [6.45, 7) is 0.480. The SMILES string of the molecule is NCCCC[C@H](NC(=O)[C@@H](N)Cc1ccccc1)C(=O)N[C@@H](Cc1ccccc1)C(N)=O. The van der Waals surface area contributed by atoms with Crippen LogP contribution in [0.5, 0.6) is 0 Å². The number of nitrogens with one attached hydrogen (secondary N) is 2. The molecule has 0 saturated carbocycles. The van der Waals surface area contributed by atoms with Crippen molar-refractivity contribution >= 4 is 17.7 Å². The molecule has 32 heavy (non-hydrogen) atoms. The molecule has 3 amide bonds. The number of hydrogen-bond acceptors (Lipinski definition) is 5. The van der Waals surface area contributed by atoms with Crippen LogP contribution in [0, 0.1) is 0 Å². The van der Waals surface area contributed by atoms with Crippen LogP contribution in [0.15, 0.2) is 60.7 Å². The number of rotatable bonds is 13. The van der Waals surface area contributed by atoms with Crippen molar-refractivity contribution < 1.29 is 14.4 Å². The molecular weight excluding hydrogens is 406 g/mol. The fourth-order valence-corrected chi connectivity index (χ4v) is 3.35. The summed E-state index contributed by atoms with van der Waals surface area (Å²) >= 11 is 0. The first kappa shape index (κ1) is 25.0. The average molecular weight is 440 g/mol. The van der Waals surface area contributed by atoms with E-state index in [1.807, 2.05) is 60.7 Å². The summed E-state index contributed by atoms with van der Waals surface area (Å²) in [6, 6.07) is 16.1. The zero-order valence-corrected chi connectivity index (χ0v) is 18.2. The Kier molecular flexibility index (Phi) is 10.4. The van der Waals surface area contributed by atoms with Crippen molar-refractivity contribution in [1.29, 1.82) is 0 Å². The van der Waals surface area contributed by atoms with Gasteiger partial charge in [-0.1, -0.05) is 60.7 Å². The van der Waals surface area contributed by atoms with E-state index in [-0.39, 0.29) is 6.42 Å². The van der Waals surface area contributed by atoms with Gasteiger partial charge in [0.15, 0.2) is 0 Å².